The van der Waals surface area contributed by atoms with E-state index in [2.05, 4.69) is 5.32 Å². The summed E-state index contributed by atoms with van der Waals surface area (Å²) < 4.78 is 0. The van der Waals surface area contributed by atoms with Crippen LogP contribution in [0.2, 0.25) is 0 Å². The Morgan fingerprint density at radius 3 is 2.54 bits per heavy atom. The number of rotatable bonds is 3. The second kappa shape index (κ2) is 7.46. The maximum atomic E-state index is 13.2. The molecule has 3 aliphatic rings. The number of carbonyl (C=O) groups is 2. The molecule has 5 heteroatoms. The summed E-state index contributed by atoms with van der Waals surface area (Å²) in [7, 11) is 0. The van der Waals surface area contributed by atoms with Crippen LogP contribution in [-0.2, 0) is 9.59 Å². The lowest BCUT2D eigenvalue weighted by molar-refractivity contribution is -0.133. The maximum Gasteiger partial charge on any atom is 0.334 e. The van der Waals surface area contributed by atoms with Gasteiger partial charge in [0.25, 0.3) is 0 Å². The van der Waals surface area contributed by atoms with E-state index in [1.54, 1.807) is 31.2 Å². The fraction of sp³-hybridized carbons (Fsp3) is 0.478. The first-order valence-electron chi connectivity index (χ1n) is 10.2. The molecule has 5 nitrogen and oxygen atoms in total. The molecule has 4 rings (SSSR count). The smallest absolute Gasteiger partial charge is 0.334 e. The van der Waals surface area contributed by atoms with Crippen molar-refractivity contribution < 1.29 is 19.8 Å². The summed E-state index contributed by atoms with van der Waals surface area (Å²) in [6.45, 7) is 1.76. The molecule has 2 atom stereocenters. The van der Waals surface area contributed by atoms with Gasteiger partial charge in [-0.15, -0.1) is 0 Å². The largest absolute Gasteiger partial charge is 0.508 e. The van der Waals surface area contributed by atoms with Crippen LogP contribution in [0.4, 0.5) is 0 Å². The Balaban J connectivity index is 1.75. The SMILES string of the molecule is CC1=C(C(=O)O)C(c2cccc(O)c2)C2=C(CC(C3CCCCC3)CC2=O)N1. The van der Waals surface area contributed by atoms with Crippen molar-refractivity contribution in [2.45, 2.75) is 57.8 Å². The van der Waals surface area contributed by atoms with E-state index in [1.165, 1.54) is 32.1 Å². The predicted octanol–water partition coefficient (Wildman–Crippen LogP) is 4.25. The molecule has 2 aliphatic carbocycles. The lowest BCUT2D eigenvalue weighted by Crippen LogP contribution is -2.37. The van der Waals surface area contributed by atoms with Gasteiger partial charge in [0.2, 0.25) is 0 Å². The zero-order valence-corrected chi connectivity index (χ0v) is 16.2. The first-order chi connectivity index (χ1) is 13.5. The molecule has 0 spiro atoms. The van der Waals surface area contributed by atoms with Gasteiger partial charge in [-0.2, -0.15) is 0 Å². The number of carbonyl (C=O) groups excluding carboxylic acids is 1. The summed E-state index contributed by atoms with van der Waals surface area (Å²) in [6, 6.07) is 6.60. The van der Waals surface area contributed by atoms with E-state index in [0.29, 0.717) is 35.1 Å². The topological polar surface area (TPSA) is 86.6 Å². The van der Waals surface area contributed by atoms with Gasteiger partial charge < -0.3 is 15.5 Å². The number of phenols is 1. The molecule has 1 heterocycles. The molecule has 1 aromatic carbocycles. The Hall–Kier alpha value is -2.56. The van der Waals surface area contributed by atoms with E-state index < -0.39 is 11.9 Å². The number of phenolic OH excluding ortho intramolecular Hbond substituents is 1. The Bertz CT molecular complexity index is 876. The van der Waals surface area contributed by atoms with E-state index in [9.17, 15) is 19.8 Å². The summed E-state index contributed by atoms with van der Waals surface area (Å²) in [6.07, 6.45) is 7.42. The van der Waals surface area contributed by atoms with Crippen LogP contribution in [0.15, 0.2) is 46.8 Å². The summed E-state index contributed by atoms with van der Waals surface area (Å²) in [5.74, 6) is -0.637. The second-order valence-electron chi connectivity index (χ2n) is 8.38. The van der Waals surface area contributed by atoms with Gasteiger partial charge in [0.05, 0.1) is 5.57 Å². The van der Waals surface area contributed by atoms with E-state index in [0.717, 1.165) is 12.1 Å². The van der Waals surface area contributed by atoms with Gasteiger partial charge in [0, 0.05) is 29.3 Å². The maximum absolute atomic E-state index is 13.2. The third kappa shape index (κ3) is 3.34. The van der Waals surface area contributed by atoms with Gasteiger partial charge in [0.1, 0.15) is 5.75 Å². The number of aromatic hydroxyl groups is 1. The van der Waals surface area contributed by atoms with Crippen molar-refractivity contribution in [3.8, 4) is 5.75 Å². The number of hydrogen-bond donors (Lipinski definition) is 3. The van der Waals surface area contributed by atoms with Gasteiger partial charge in [-0.25, -0.2) is 4.79 Å². The van der Waals surface area contributed by atoms with Gasteiger partial charge in [0.15, 0.2) is 5.78 Å². The number of hydrogen-bond acceptors (Lipinski definition) is 4. The van der Waals surface area contributed by atoms with E-state index in [-0.39, 0.29) is 17.1 Å². The Morgan fingerprint density at radius 1 is 1.11 bits per heavy atom. The number of Topliss-reactive ketones (excluding diaryl/α,β-unsaturated/α-hetero) is 1. The van der Waals surface area contributed by atoms with Crippen LogP contribution >= 0.6 is 0 Å². The van der Waals surface area contributed by atoms with Crippen LogP contribution < -0.4 is 5.32 Å². The van der Waals surface area contributed by atoms with Crippen molar-refractivity contribution in [3.63, 3.8) is 0 Å². The van der Waals surface area contributed by atoms with E-state index >= 15 is 0 Å². The third-order valence-electron chi connectivity index (χ3n) is 6.61. The fourth-order valence-corrected chi connectivity index (χ4v) is 5.33. The quantitative estimate of drug-likeness (QED) is 0.729. The van der Waals surface area contributed by atoms with E-state index in [1.807, 2.05) is 0 Å². The lowest BCUT2D eigenvalue weighted by atomic mass is 9.68. The average Bonchev–Trinajstić information content (AvgIpc) is 2.67. The van der Waals surface area contributed by atoms with Crippen LogP contribution in [0.5, 0.6) is 5.75 Å². The normalized spacial score (nSPS) is 26.1. The minimum atomic E-state index is -1.04. The number of benzene rings is 1. The highest BCUT2D eigenvalue weighted by Gasteiger charge is 2.42. The molecule has 0 amide bonds. The van der Waals surface area contributed by atoms with Crippen molar-refractivity contribution in [2.24, 2.45) is 11.8 Å². The van der Waals surface area contributed by atoms with Crippen molar-refractivity contribution in [1.29, 1.82) is 0 Å². The number of carboxylic acids is 1. The molecule has 0 radical (unpaired) electrons. The number of carboxylic acid groups (broad SMARTS) is 1. The van der Waals surface area contributed by atoms with Crippen molar-refractivity contribution in [2.75, 3.05) is 0 Å². The van der Waals surface area contributed by atoms with Crippen molar-refractivity contribution in [1.82, 2.24) is 5.32 Å². The summed E-state index contributed by atoms with van der Waals surface area (Å²) in [4.78, 5) is 25.3. The minimum absolute atomic E-state index is 0.0453. The first kappa shape index (κ1) is 18.8. The highest BCUT2D eigenvalue weighted by Crippen LogP contribution is 2.46. The predicted molar refractivity (Wildman–Crippen MR) is 106 cm³/mol. The van der Waals surface area contributed by atoms with Crippen LogP contribution in [-0.4, -0.2) is 22.0 Å². The third-order valence-corrected chi connectivity index (χ3v) is 6.61. The van der Waals surface area contributed by atoms with Gasteiger partial charge in [-0.3, -0.25) is 4.79 Å². The highest BCUT2D eigenvalue weighted by atomic mass is 16.4. The second-order valence-corrected chi connectivity index (χ2v) is 8.38. The zero-order valence-electron chi connectivity index (χ0n) is 16.2. The van der Waals surface area contributed by atoms with Gasteiger partial charge >= 0.3 is 5.97 Å². The van der Waals surface area contributed by atoms with Gasteiger partial charge in [-0.1, -0.05) is 44.2 Å². The number of nitrogens with one attached hydrogen (secondary N) is 1. The number of dihydropyridines is 1. The Morgan fingerprint density at radius 2 is 1.86 bits per heavy atom. The zero-order chi connectivity index (χ0) is 19.8. The van der Waals surface area contributed by atoms with Crippen molar-refractivity contribution >= 4 is 11.8 Å². The molecule has 0 aromatic heterocycles. The molecule has 3 N–H and O–H groups in total. The minimum Gasteiger partial charge on any atom is -0.508 e. The summed E-state index contributed by atoms with van der Waals surface area (Å²) in [5.41, 5.74) is 2.86. The summed E-state index contributed by atoms with van der Waals surface area (Å²) >= 11 is 0. The summed E-state index contributed by atoms with van der Waals surface area (Å²) in [5, 5.41) is 23.0. The van der Waals surface area contributed by atoms with Crippen LogP contribution in [0.1, 0.15) is 63.4 Å². The molecule has 1 aliphatic heterocycles. The highest BCUT2D eigenvalue weighted by molar-refractivity contribution is 6.03. The van der Waals surface area contributed by atoms with E-state index in [4.69, 9.17) is 0 Å². The molecule has 1 saturated carbocycles. The molecule has 0 saturated heterocycles. The Kier molecular flexibility index (Phi) is 5.00. The van der Waals surface area contributed by atoms with Crippen LogP contribution in [0.25, 0.3) is 0 Å². The Labute approximate surface area is 165 Å². The number of ketones is 1. The molecule has 0 bridgehead atoms. The van der Waals surface area contributed by atoms with Crippen LogP contribution in [0, 0.1) is 11.8 Å². The lowest BCUT2D eigenvalue weighted by Gasteiger charge is -2.39. The molecule has 148 valence electrons. The molecule has 2 unspecified atom stereocenters. The first-order valence-corrected chi connectivity index (χ1v) is 10.2. The van der Waals surface area contributed by atoms with Crippen LogP contribution in [0.3, 0.4) is 0 Å². The van der Waals surface area contributed by atoms with Gasteiger partial charge in [-0.05, 0) is 42.9 Å². The average molecular weight is 381 g/mol. The molecular weight excluding hydrogens is 354 g/mol. The molecule has 28 heavy (non-hydrogen) atoms. The fourth-order valence-electron chi connectivity index (χ4n) is 5.33. The molecule has 1 fully saturated rings. The monoisotopic (exact) mass is 381 g/mol. The molecule has 1 aromatic rings. The number of aliphatic carboxylic acids is 1. The standard InChI is InChI=1S/C23H27NO4/c1-13-20(23(27)28)21(15-8-5-9-17(25)10-15)22-18(24-13)11-16(12-19(22)26)14-6-3-2-4-7-14/h5,8-10,14,16,21,24-25H,2-4,6-7,11-12H2,1H3,(H,27,28). The molecular formula is C23H27NO4. The van der Waals surface area contributed by atoms with Crippen molar-refractivity contribution in [3.05, 3.63) is 52.4 Å². The number of allylic oxidation sites excluding steroid dienone is 3.